The van der Waals surface area contributed by atoms with Crippen LogP contribution in [0.15, 0.2) is 55.2 Å². The highest BCUT2D eigenvalue weighted by Gasteiger charge is 2.35. The molecule has 210 valence electrons. The summed E-state index contributed by atoms with van der Waals surface area (Å²) < 4.78 is 47.1. The molecule has 1 aromatic carbocycles. The monoisotopic (exact) mass is 560 g/mol. The Morgan fingerprint density at radius 1 is 1.05 bits per heavy atom. The van der Waals surface area contributed by atoms with Crippen LogP contribution < -0.4 is 10.1 Å². The number of aromatic nitrogens is 7. The van der Waals surface area contributed by atoms with E-state index in [0.717, 1.165) is 35.7 Å². The van der Waals surface area contributed by atoms with Crippen LogP contribution in [-0.2, 0) is 12.7 Å². The first-order valence-electron chi connectivity index (χ1n) is 13.2. The number of ether oxygens (including phenoxy) is 1. The largest absolute Gasteiger partial charge is 0.480 e. The van der Waals surface area contributed by atoms with E-state index in [-0.39, 0.29) is 11.9 Å². The molecule has 0 aliphatic heterocycles. The Bertz CT molecular complexity index is 1710. The molecular formula is C29H27F3N8O. The number of nitrogens with zero attached hydrogens (tertiary/aromatic N) is 7. The molecule has 0 amide bonds. The van der Waals surface area contributed by atoms with E-state index in [4.69, 9.17) is 14.7 Å². The lowest BCUT2D eigenvalue weighted by Gasteiger charge is -2.14. The van der Waals surface area contributed by atoms with Crippen LogP contribution in [0, 0.1) is 0 Å². The number of rotatable bonds is 8. The molecule has 0 bridgehead atoms. The molecule has 0 atom stereocenters. The fraction of sp³-hybridized carbons (Fsp3) is 0.310. The first kappa shape index (κ1) is 26.6. The Hall–Kier alpha value is -4.61. The molecule has 12 heteroatoms. The number of anilines is 1. The maximum atomic E-state index is 13.3. The molecule has 1 aliphatic carbocycles. The van der Waals surface area contributed by atoms with Gasteiger partial charge in [-0.05, 0) is 38.3 Å². The van der Waals surface area contributed by atoms with Gasteiger partial charge in [0.1, 0.15) is 23.5 Å². The zero-order valence-corrected chi connectivity index (χ0v) is 22.6. The van der Waals surface area contributed by atoms with Crippen LogP contribution in [0.3, 0.4) is 0 Å². The number of alkyl halides is 3. The lowest BCUT2D eigenvalue weighted by molar-refractivity contribution is -0.140. The van der Waals surface area contributed by atoms with Gasteiger partial charge in [0.15, 0.2) is 11.5 Å². The smallest absolute Gasteiger partial charge is 0.434 e. The van der Waals surface area contributed by atoms with Crippen molar-refractivity contribution in [1.82, 2.24) is 34.5 Å². The van der Waals surface area contributed by atoms with Crippen molar-refractivity contribution >= 4 is 16.7 Å². The fourth-order valence-electron chi connectivity index (χ4n) is 4.74. The van der Waals surface area contributed by atoms with Crippen molar-refractivity contribution in [1.29, 1.82) is 0 Å². The minimum atomic E-state index is -4.51. The van der Waals surface area contributed by atoms with E-state index in [9.17, 15) is 13.2 Å². The summed E-state index contributed by atoms with van der Waals surface area (Å²) in [6.07, 6.45) is 3.49. The van der Waals surface area contributed by atoms with E-state index in [1.165, 1.54) is 10.9 Å². The standard InChI is InChI=1S/C29H27F3N8O/c1-16(2)40-14-22(29(30,31)32)38-27(40)19-6-4-17(5-7-19)12-34-25-20-10-11-33-13-21(20)37-26(39-25)23-24(18-8-9-18)35-15-36-28(23)41-3/h4-7,10-11,13-16,18H,8-9,12H2,1-3H3,(H,34,37,39). The number of fused-ring (bicyclic) bond motifs is 1. The maximum absolute atomic E-state index is 13.3. The van der Waals surface area contributed by atoms with Gasteiger partial charge < -0.3 is 14.6 Å². The highest BCUT2D eigenvalue weighted by molar-refractivity contribution is 5.90. The highest BCUT2D eigenvalue weighted by Crippen LogP contribution is 2.45. The van der Waals surface area contributed by atoms with Crippen LogP contribution in [-0.4, -0.2) is 41.6 Å². The number of hydrogen-bond donors (Lipinski definition) is 1. The third-order valence-electron chi connectivity index (χ3n) is 6.97. The number of benzene rings is 1. The molecule has 0 unspecified atom stereocenters. The van der Waals surface area contributed by atoms with Gasteiger partial charge in [0.25, 0.3) is 0 Å². The predicted octanol–water partition coefficient (Wildman–Crippen LogP) is 6.44. The van der Waals surface area contributed by atoms with Gasteiger partial charge in [-0.3, -0.25) is 4.98 Å². The summed E-state index contributed by atoms with van der Waals surface area (Å²) >= 11 is 0. The third-order valence-corrected chi connectivity index (χ3v) is 6.97. The van der Waals surface area contributed by atoms with E-state index >= 15 is 0 Å². The van der Waals surface area contributed by atoms with E-state index in [0.29, 0.717) is 46.6 Å². The molecule has 6 rings (SSSR count). The number of hydrogen-bond acceptors (Lipinski definition) is 8. The van der Waals surface area contributed by atoms with Crippen LogP contribution in [0.2, 0.25) is 0 Å². The van der Waals surface area contributed by atoms with Crippen LogP contribution in [0.4, 0.5) is 19.0 Å². The van der Waals surface area contributed by atoms with Gasteiger partial charge in [-0.1, -0.05) is 24.3 Å². The van der Waals surface area contributed by atoms with Crippen LogP contribution >= 0.6 is 0 Å². The average molecular weight is 561 g/mol. The number of nitrogens with one attached hydrogen (secondary N) is 1. The SMILES string of the molecule is COc1ncnc(C2CC2)c1-c1nc(NCc2ccc(-c3nc(C(F)(F)F)cn3C(C)C)cc2)c2ccncc2n1. The van der Waals surface area contributed by atoms with Gasteiger partial charge in [-0.25, -0.2) is 24.9 Å². The number of imidazole rings is 1. The fourth-order valence-corrected chi connectivity index (χ4v) is 4.74. The molecule has 4 heterocycles. The first-order valence-corrected chi connectivity index (χ1v) is 13.2. The van der Waals surface area contributed by atoms with Gasteiger partial charge in [0.05, 0.1) is 24.5 Å². The Morgan fingerprint density at radius 3 is 2.51 bits per heavy atom. The normalized spacial score (nSPS) is 13.6. The highest BCUT2D eigenvalue weighted by atomic mass is 19.4. The summed E-state index contributed by atoms with van der Waals surface area (Å²) in [5.41, 5.74) is 2.81. The molecule has 1 N–H and O–H groups in total. The summed E-state index contributed by atoms with van der Waals surface area (Å²) in [6, 6.07) is 8.94. The molecule has 9 nitrogen and oxygen atoms in total. The maximum Gasteiger partial charge on any atom is 0.434 e. The lowest BCUT2D eigenvalue weighted by atomic mass is 10.1. The van der Waals surface area contributed by atoms with Gasteiger partial charge in [0.2, 0.25) is 5.88 Å². The van der Waals surface area contributed by atoms with Crippen molar-refractivity contribution in [3.05, 3.63) is 72.2 Å². The van der Waals surface area contributed by atoms with E-state index in [1.807, 2.05) is 32.0 Å². The Kier molecular flexibility index (Phi) is 6.76. The molecule has 5 aromatic rings. The molecule has 0 radical (unpaired) electrons. The van der Waals surface area contributed by atoms with Crippen molar-refractivity contribution in [2.24, 2.45) is 0 Å². The molecule has 0 saturated heterocycles. The average Bonchev–Trinajstić information content (AvgIpc) is 3.71. The Balaban J connectivity index is 1.31. The predicted molar refractivity (Wildman–Crippen MR) is 147 cm³/mol. The van der Waals surface area contributed by atoms with Gasteiger partial charge in [-0.15, -0.1) is 0 Å². The molecule has 1 aliphatic rings. The number of methoxy groups -OCH3 is 1. The summed E-state index contributed by atoms with van der Waals surface area (Å²) in [5.74, 6) is 2.07. The topological polar surface area (TPSA) is 104 Å². The summed E-state index contributed by atoms with van der Waals surface area (Å²) in [7, 11) is 1.56. The molecule has 1 fully saturated rings. The van der Waals surface area contributed by atoms with E-state index in [1.54, 1.807) is 31.6 Å². The minimum Gasteiger partial charge on any atom is -0.480 e. The number of halogens is 3. The molecule has 1 saturated carbocycles. The van der Waals surface area contributed by atoms with Gasteiger partial charge >= 0.3 is 6.18 Å². The van der Waals surface area contributed by atoms with Crippen LogP contribution in [0.1, 0.15) is 55.6 Å². The number of pyridine rings is 1. The summed E-state index contributed by atoms with van der Waals surface area (Å²) in [5, 5.41) is 4.19. The second-order valence-electron chi connectivity index (χ2n) is 10.2. The molecule has 41 heavy (non-hydrogen) atoms. The lowest BCUT2D eigenvalue weighted by Crippen LogP contribution is -2.07. The second-order valence-corrected chi connectivity index (χ2v) is 10.2. The molecule has 4 aromatic heterocycles. The summed E-state index contributed by atoms with van der Waals surface area (Å²) in [4.78, 5) is 26.6. The van der Waals surface area contributed by atoms with Gasteiger partial charge in [-0.2, -0.15) is 13.2 Å². The second kappa shape index (κ2) is 10.4. The zero-order valence-electron chi connectivity index (χ0n) is 22.6. The van der Waals surface area contributed by atoms with Crippen LogP contribution in [0.5, 0.6) is 5.88 Å². The Morgan fingerprint density at radius 2 is 1.83 bits per heavy atom. The van der Waals surface area contributed by atoms with Gasteiger partial charge in [0, 0.05) is 41.8 Å². The van der Waals surface area contributed by atoms with E-state index < -0.39 is 11.9 Å². The minimum absolute atomic E-state index is 0.182. The van der Waals surface area contributed by atoms with E-state index in [2.05, 4.69) is 25.3 Å². The van der Waals surface area contributed by atoms with Crippen molar-refractivity contribution in [3.63, 3.8) is 0 Å². The van der Waals surface area contributed by atoms with Crippen molar-refractivity contribution in [2.75, 3.05) is 12.4 Å². The zero-order chi connectivity index (χ0) is 28.7. The Labute approximate surface area is 233 Å². The van der Waals surface area contributed by atoms with Crippen molar-refractivity contribution < 1.29 is 17.9 Å². The first-order chi connectivity index (χ1) is 19.7. The van der Waals surface area contributed by atoms with Crippen LogP contribution in [0.25, 0.3) is 33.7 Å². The molecular weight excluding hydrogens is 533 g/mol. The van der Waals surface area contributed by atoms with Crippen molar-refractivity contribution in [3.8, 4) is 28.7 Å². The van der Waals surface area contributed by atoms with Crippen molar-refractivity contribution in [2.45, 2.75) is 51.4 Å². The third kappa shape index (κ3) is 5.29. The summed E-state index contributed by atoms with van der Waals surface area (Å²) in [6.45, 7) is 4.06. The molecule has 0 spiro atoms. The quantitative estimate of drug-likeness (QED) is 0.231.